The van der Waals surface area contributed by atoms with Crippen LogP contribution in [0.5, 0.6) is 0 Å². The molecule has 0 unspecified atom stereocenters. The molecule has 74 valence electrons. The second kappa shape index (κ2) is 4.48. The fraction of sp³-hybridized carbons (Fsp3) is 0. The van der Waals surface area contributed by atoms with Gasteiger partial charge in [0.05, 0.1) is 0 Å². The Labute approximate surface area is 101 Å². The molecular formula is C11H7IN2O. The highest BCUT2D eigenvalue weighted by Crippen LogP contribution is 2.21. The number of benzene rings is 1. The Morgan fingerprint density at radius 3 is 2.40 bits per heavy atom. The maximum Gasteiger partial charge on any atom is 0.223 e. The molecule has 0 amide bonds. The molecule has 0 spiro atoms. The lowest BCUT2D eigenvalue weighted by molar-refractivity contribution is 0.110. The molecule has 1 aromatic heterocycles. The smallest absolute Gasteiger partial charge is 0.223 e. The van der Waals surface area contributed by atoms with Crippen LogP contribution in [-0.2, 0) is 0 Å². The quantitative estimate of drug-likeness (QED) is 0.633. The van der Waals surface area contributed by atoms with Gasteiger partial charge in [-0.2, -0.15) is 0 Å². The van der Waals surface area contributed by atoms with Crippen LogP contribution in [0.15, 0.2) is 42.7 Å². The van der Waals surface area contributed by atoms with Gasteiger partial charge in [-0.3, -0.25) is 4.79 Å². The van der Waals surface area contributed by atoms with Gasteiger partial charge in [0.2, 0.25) is 3.79 Å². The summed E-state index contributed by atoms with van der Waals surface area (Å²) < 4.78 is -0.00402. The molecule has 0 saturated heterocycles. The van der Waals surface area contributed by atoms with E-state index < -0.39 is 0 Å². The number of carbonyl (C=O) groups is 1. The number of halogens is 1. The van der Waals surface area contributed by atoms with E-state index in [9.17, 15) is 4.79 Å². The summed E-state index contributed by atoms with van der Waals surface area (Å²) >= 11 is 1.77. The summed E-state index contributed by atoms with van der Waals surface area (Å²) in [5.41, 5.74) is 1.42. The first-order chi connectivity index (χ1) is 7.29. The first-order valence-electron chi connectivity index (χ1n) is 4.35. The van der Waals surface area contributed by atoms with E-state index >= 15 is 0 Å². The molecule has 4 heteroatoms. The van der Waals surface area contributed by atoms with Crippen molar-refractivity contribution in [2.45, 2.75) is 0 Å². The van der Waals surface area contributed by atoms with E-state index in [4.69, 9.17) is 0 Å². The fourth-order valence-corrected chi connectivity index (χ4v) is 1.76. The first-order valence-corrected chi connectivity index (χ1v) is 5.43. The number of carbonyl (C=O) groups excluding carboxylic acids is 1. The fourth-order valence-electron chi connectivity index (χ4n) is 1.29. The monoisotopic (exact) mass is 310 g/mol. The third-order valence-corrected chi connectivity index (χ3v) is 2.53. The van der Waals surface area contributed by atoms with Crippen molar-refractivity contribution in [2.24, 2.45) is 0 Å². The third-order valence-electron chi connectivity index (χ3n) is 1.95. The summed E-state index contributed by atoms with van der Waals surface area (Å²) in [4.78, 5) is 19.6. The van der Waals surface area contributed by atoms with Crippen LogP contribution in [0.4, 0.5) is 0 Å². The molecule has 0 atom stereocenters. The Bertz CT molecular complexity index is 485. The van der Waals surface area contributed by atoms with Crippen LogP contribution in [0.3, 0.4) is 0 Å². The zero-order chi connectivity index (χ0) is 10.7. The molecule has 0 N–H and O–H groups in total. The van der Waals surface area contributed by atoms with Crippen LogP contribution in [-0.4, -0.2) is 13.8 Å². The van der Waals surface area contributed by atoms with Crippen LogP contribution in [0.25, 0.3) is 11.4 Å². The Morgan fingerprint density at radius 1 is 1.07 bits per heavy atom. The molecular weight excluding hydrogens is 303 g/mol. The van der Waals surface area contributed by atoms with Gasteiger partial charge >= 0.3 is 0 Å². The van der Waals surface area contributed by atoms with Gasteiger partial charge in [0.15, 0.2) is 5.82 Å². The molecule has 15 heavy (non-hydrogen) atoms. The van der Waals surface area contributed by atoms with Gasteiger partial charge in [0.25, 0.3) is 0 Å². The third kappa shape index (κ3) is 2.20. The van der Waals surface area contributed by atoms with Gasteiger partial charge in [0, 0.05) is 46.1 Å². The van der Waals surface area contributed by atoms with E-state index in [1.807, 2.05) is 18.2 Å². The minimum atomic E-state index is -0.00402. The van der Waals surface area contributed by atoms with E-state index in [1.54, 1.807) is 47.1 Å². The van der Waals surface area contributed by atoms with Crippen molar-refractivity contribution in [2.75, 3.05) is 0 Å². The summed E-state index contributed by atoms with van der Waals surface area (Å²) in [6.45, 7) is 0. The predicted octanol–water partition coefficient (Wildman–Crippen LogP) is 2.72. The molecule has 0 radical (unpaired) electrons. The average molecular weight is 310 g/mol. The maximum atomic E-state index is 11.4. The number of nitrogens with zero attached hydrogens (tertiary/aromatic N) is 2. The molecule has 1 aromatic carbocycles. The van der Waals surface area contributed by atoms with Crippen molar-refractivity contribution in [3.05, 3.63) is 48.3 Å². The van der Waals surface area contributed by atoms with Gasteiger partial charge in [-0.05, 0) is 12.1 Å². The minimum Gasteiger partial charge on any atom is -0.282 e. The molecule has 0 fully saturated rings. The summed E-state index contributed by atoms with van der Waals surface area (Å²) in [6, 6.07) is 9.08. The lowest BCUT2D eigenvalue weighted by atomic mass is 10.1. The van der Waals surface area contributed by atoms with Gasteiger partial charge in [0.1, 0.15) is 0 Å². The highest BCUT2D eigenvalue weighted by Gasteiger charge is 2.10. The molecule has 3 nitrogen and oxygen atoms in total. The Kier molecular flexibility index (Phi) is 3.05. The van der Waals surface area contributed by atoms with Crippen LogP contribution in [0.1, 0.15) is 10.4 Å². The summed E-state index contributed by atoms with van der Waals surface area (Å²) in [7, 11) is 0. The lowest BCUT2D eigenvalue weighted by Crippen LogP contribution is -1.95. The second-order valence-corrected chi connectivity index (χ2v) is 3.87. The van der Waals surface area contributed by atoms with Crippen molar-refractivity contribution in [3.63, 3.8) is 0 Å². The van der Waals surface area contributed by atoms with E-state index in [0.717, 1.165) is 5.56 Å². The number of hydrogen-bond donors (Lipinski definition) is 0. The highest BCUT2D eigenvalue weighted by atomic mass is 127. The highest BCUT2D eigenvalue weighted by molar-refractivity contribution is 14.1. The Morgan fingerprint density at radius 2 is 1.73 bits per heavy atom. The van der Waals surface area contributed by atoms with Crippen LogP contribution in [0.2, 0.25) is 0 Å². The zero-order valence-electron chi connectivity index (χ0n) is 7.72. The molecule has 2 aromatic rings. The number of aromatic nitrogens is 2. The minimum absolute atomic E-state index is 0.00402. The zero-order valence-corrected chi connectivity index (χ0v) is 9.88. The summed E-state index contributed by atoms with van der Waals surface area (Å²) in [5.74, 6) is 0.582. The first kappa shape index (κ1) is 10.2. The lowest BCUT2D eigenvalue weighted by Gasteiger charge is -2.03. The number of rotatable bonds is 2. The SMILES string of the molecule is O=C(I)c1ccccc1-c1ncccn1. The topological polar surface area (TPSA) is 42.9 Å². The van der Waals surface area contributed by atoms with Crippen molar-refractivity contribution in [3.8, 4) is 11.4 Å². The Hall–Kier alpha value is -1.30. The van der Waals surface area contributed by atoms with Gasteiger partial charge in [-0.1, -0.05) is 18.2 Å². The van der Waals surface area contributed by atoms with E-state index in [-0.39, 0.29) is 3.79 Å². The van der Waals surface area contributed by atoms with Gasteiger partial charge in [-0.15, -0.1) is 0 Å². The largest absolute Gasteiger partial charge is 0.282 e. The van der Waals surface area contributed by atoms with E-state index in [2.05, 4.69) is 9.97 Å². The Balaban J connectivity index is 2.58. The van der Waals surface area contributed by atoms with Crippen molar-refractivity contribution >= 4 is 26.4 Å². The van der Waals surface area contributed by atoms with Gasteiger partial charge < -0.3 is 0 Å². The summed E-state index contributed by atoms with van der Waals surface area (Å²) in [6.07, 6.45) is 3.33. The molecule has 0 saturated carbocycles. The molecule has 0 aliphatic rings. The van der Waals surface area contributed by atoms with Crippen LogP contribution >= 0.6 is 22.6 Å². The van der Waals surface area contributed by atoms with E-state index in [0.29, 0.717) is 11.4 Å². The maximum absolute atomic E-state index is 11.4. The van der Waals surface area contributed by atoms with Crippen LogP contribution in [0, 0.1) is 0 Å². The normalized spacial score (nSPS) is 9.93. The van der Waals surface area contributed by atoms with Crippen molar-refractivity contribution in [1.82, 2.24) is 9.97 Å². The number of hydrogen-bond acceptors (Lipinski definition) is 3. The molecule has 0 aliphatic carbocycles. The van der Waals surface area contributed by atoms with Crippen LogP contribution < -0.4 is 0 Å². The second-order valence-electron chi connectivity index (χ2n) is 2.89. The average Bonchev–Trinajstić information content (AvgIpc) is 2.30. The van der Waals surface area contributed by atoms with Crippen molar-refractivity contribution < 1.29 is 4.79 Å². The van der Waals surface area contributed by atoms with Gasteiger partial charge in [-0.25, -0.2) is 9.97 Å². The predicted molar refractivity (Wildman–Crippen MR) is 65.8 cm³/mol. The summed E-state index contributed by atoms with van der Waals surface area (Å²) in [5, 5.41) is 0. The molecule has 2 rings (SSSR count). The van der Waals surface area contributed by atoms with Crippen molar-refractivity contribution in [1.29, 1.82) is 0 Å². The molecule has 0 aliphatic heterocycles. The van der Waals surface area contributed by atoms with E-state index in [1.165, 1.54) is 0 Å². The molecule has 1 heterocycles. The standard InChI is InChI=1S/C11H7IN2O/c12-10(15)8-4-1-2-5-9(8)11-13-6-3-7-14-11/h1-7H. The molecule has 0 bridgehead atoms.